The van der Waals surface area contributed by atoms with Gasteiger partial charge in [-0.3, -0.25) is 4.79 Å². The Bertz CT molecular complexity index is 851. The minimum Gasteiger partial charge on any atom is -0.477 e. The van der Waals surface area contributed by atoms with Gasteiger partial charge in [0.05, 0.1) is 6.61 Å². The third kappa shape index (κ3) is 5.78. The molecule has 2 aromatic rings. The highest BCUT2D eigenvalue weighted by Gasteiger charge is 2.27. The summed E-state index contributed by atoms with van der Waals surface area (Å²) >= 11 is 0. The Hall–Kier alpha value is -2.96. The van der Waals surface area contributed by atoms with Crippen LogP contribution in [0, 0.1) is 5.82 Å². The summed E-state index contributed by atoms with van der Waals surface area (Å²) in [6.45, 7) is 2.16. The molecule has 1 aromatic carbocycles. The summed E-state index contributed by atoms with van der Waals surface area (Å²) in [6.07, 6.45) is 6.64. The lowest BCUT2D eigenvalue weighted by Gasteiger charge is -2.34. The number of pyridine rings is 1. The predicted molar refractivity (Wildman–Crippen MR) is 110 cm³/mol. The molecular weight excluding hydrogens is 387 g/mol. The Balaban J connectivity index is 1.68. The van der Waals surface area contributed by atoms with Crippen molar-refractivity contribution < 1.29 is 23.5 Å². The fourth-order valence-corrected chi connectivity index (χ4v) is 3.69. The standard InChI is InChI=1S/C23H27FN2O4/c1-2-29-22-20(9-6-14-25-22)23(28)30-16-21(27)26(19-7-4-3-5-8-19)15-17-10-12-18(24)13-11-17/h6,9-14,19H,2-5,7-8,15-16H2,1H3. The third-order valence-corrected chi connectivity index (χ3v) is 5.20. The van der Waals surface area contributed by atoms with Crippen LogP contribution in [-0.4, -0.2) is 41.0 Å². The number of halogens is 1. The maximum absolute atomic E-state index is 13.2. The number of hydrogen-bond donors (Lipinski definition) is 0. The molecule has 1 aliphatic rings. The normalized spacial score (nSPS) is 14.2. The second kappa shape index (κ2) is 10.7. The lowest BCUT2D eigenvalue weighted by molar-refractivity contribution is -0.138. The van der Waals surface area contributed by atoms with E-state index in [0.717, 1.165) is 37.7 Å². The average molecular weight is 414 g/mol. The van der Waals surface area contributed by atoms with Crippen LogP contribution in [0.3, 0.4) is 0 Å². The van der Waals surface area contributed by atoms with Gasteiger partial charge in [0, 0.05) is 18.8 Å². The average Bonchev–Trinajstić information content (AvgIpc) is 2.78. The summed E-state index contributed by atoms with van der Waals surface area (Å²) in [6, 6.07) is 9.38. The first-order valence-electron chi connectivity index (χ1n) is 10.4. The molecule has 160 valence electrons. The van der Waals surface area contributed by atoms with Crippen LogP contribution in [-0.2, 0) is 16.1 Å². The number of carbonyl (C=O) groups is 2. The predicted octanol–water partition coefficient (Wildman–Crippen LogP) is 4.14. The van der Waals surface area contributed by atoms with Gasteiger partial charge >= 0.3 is 5.97 Å². The van der Waals surface area contributed by atoms with Gasteiger partial charge in [0.25, 0.3) is 5.91 Å². The zero-order chi connectivity index (χ0) is 21.3. The summed E-state index contributed by atoms with van der Waals surface area (Å²) in [7, 11) is 0. The molecule has 1 heterocycles. The van der Waals surface area contributed by atoms with Gasteiger partial charge in [0.15, 0.2) is 6.61 Å². The first kappa shape index (κ1) is 21.7. The largest absolute Gasteiger partial charge is 0.477 e. The summed E-state index contributed by atoms with van der Waals surface area (Å²) < 4.78 is 23.9. The summed E-state index contributed by atoms with van der Waals surface area (Å²) in [5, 5.41) is 0. The van der Waals surface area contributed by atoms with Gasteiger partial charge in [-0.1, -0.05) is 31.4 Å². The smallest absolute Gasteiger partial charge is 0.344 e. The summed E-state index contributed by atoms with van der Waals surface area (Å²) in [4.78, 5) is 31.3. The number of carbonyl (C=O) groups excluding carboxylic acids is 2. The third-order valence-electron chi connectivity index (χ3n) is 5.20. The van der Waals surface area contributed by atoms with E-state index in [-0.39, 0.29) is 35.8 Å². The van der Waals surface area contributed by atoms with Crippen molar-refractivity contribution in [3.63, 3.8) is 0 Å². The monoisotopic (exact) mass is 414 g/mol. The Kier molecular flexibility index (Phi) is 7.76. The van der Waals surface area contributed by atoms with Crippen LogP contribution in [0.4, 0.5) is 4.39 Å². The lowest BCUT2D eigenvalue weighted by atomic mass is 9.93. The van der Waals surface area contributed by atoms with Gasteiger partial charge in [0.2, 0.25) is 5.88 Å². The molecule has 1 aromatic heterocycles. The Morgan fingerprint density at radius 1 is 1.13 bits per heavy atom. The number of nitrogens with zero attached hydrogens (tertiary/aromatic N) is 2. The van der Waals surface area contributed by atoms with E-state index in [1.807, 2.05) is 0 Å². The van der Waals surface area contributed by atoms with E-state index in [4.69, 9.17) is 9.47 Å². The molecule has 1 saturated carbocycles. The van der Waals surface area contributed by atoms with Crippen molar-refractivity contribution in [2.45, 2.75) is 51.6 Å². The van der Waals surface area contributed by atoms with Gasteiger partial charge in [-0.15, -0.1) is 0 Å². The molecule has 7 heteroatoms. The van der Waals surface area contributed by atoms with E-state index in [9.17, 15) is 14.0 Å². The number of esters is 1. The highest BCUT2D eigenvalue weighted by molar-refractivity contribution is 5.93. The zero-order valence-corrected chi connectivity index (χ0v) is 17.2. The van der Waals surface area contributed by atoms with Crippen molar-refractivity contribution in [1.29, 1.82) is 0 Å². The molecule has 0 spiro atoms. The van der Waals surface area contributed by atoms with E-state index in [2.05, 4.69) is 4.98 Å². The lowest BCUT2D eigenvalue weighted by Crippen LogP contribution is -2.43. The van der Waals surface area contributed by atoms with Gasteiger partial charge < -0.3 is 14.4 Å². The van der Waals surface area contributed by atoms with Crippen LogP contribution >= 0.6 is 0 Å². The van der Waals surface area contributed by atoms with E-state index >= 15 is 0 Å². The van der Waals surface area contributed by atoms with Crippen molar-refractivity contribution in [1.82, 2.24) is 9.88 Å². The van der Waals surface area contributed by atoms with Crippen molar-refractivity contribution >= 4 is 11.9 Å². The van der Waals surface area contributed by atoms with Gasteiger partial charge in [0.1, 0.15) is 11.4 Å². The van der Waals surface area contributed by atoms with E-state index in [1.54, 1.807) is 36.1 Å². The minimum absolute atomic E-state index is 0.0902. The van der Waals surface area contributed by atoms with Crippen molar-refractivity contribution in [2.24, 2.45) is 0 Å². The Labute approximate surface area is 176 Å². The molecule has 0 bridgehead atoms. The Morgan fingerprint density at radius 3 is 2.57 bits per heavy atom. The van der Waals surface area contributed by atoms with Gasteiger partial charge in [-0.2, -0.15) is 0 Å². The zero-order valence-electron chi connectivity index (χ0n) is 17.2. The van der Waals surface area contributed by atoms with Gasteiger partial charge in [-0.25, -0.2) is 14.2 Å². The molecule has 3 rings (SSSR count). The van der Waals surface area contributed by atoms with E-state index in [0.29, 0.717) is 13.2 Å². The molecule has 0 radical (unpaired) electrons. The van der Waals surface area contributed by atoms with Crippen LogP contribution in [0.25, 0.3) is 0 Å². The van der Waals surface area contributed by atoms with Crippen LogP contribution in [0.1, 0.15) is 54.9 Å². The summed E-state index contributed by atoms with van der Waals surface area (Å²) in [5.74, 6) is -1.04. The molecular formula is C23H27FN2O4. The number of ether oxygens (including phenoxy) is 2. The fourth-order valence-electron chi connectivity index (χ4n) is 3.69. The molecule has 6 nitrogen and oxygen atoms in total. The topological polar surface area (TPSA) is 68.7 Å². The molecule has 0 unspecified atom stereocenters. The molecule has 0 saturated heterocycles. The fraction of sp³-hybridized carbons (Fsp3) is 0.435. The number of amides is 1. The minimum atomic E-state index is -0.648. The number of benzene rings is 1. The van der Waals surface area contributed by atoms with Crippen LogP contribution in [0.15, 0.2) is 42.6 Å². The van der Waals surface area contributed by atoms with E-state index < -0.39 is 5.97 Å². The molecule has 0 atom stereocenters. The first-order valence-corrected chi connectivity index (χ1v) is 10.4. The van der Waals surface area contributed by atoms with Crippen molar-refractivity contribution in [2.75, 3.05) is 13.2 Å². The SMILES string of the molecule is CCOc1ncccc1C(=O)OCC(=O)N(Cc1ccc(F)cc1)C1CCCCC1. The van der Waals surface area contributed by atoms with Crippen LogP contribution in [0.5, 0.6) is 5.88 Å². The molecule has 1 fully saturated rings. The van der Waals surface area contributed by atoms with E-state index in [1.165, 1.54) is 18.3 Å². The second-order valence-electron chi connectivity index (χ2n) is 7.31. The number of rotatable bonds is 8. The molecule has 1 amide bonds. The number of hydrogen-bond acceptors (Lipinski definition) is 5. The molecule has 0 aliphatic heterocycles. The molecule has 30 heavy (non-hydrogen) atoms. The quantitative estimate of drug-likeness (QED) is 0.608. The van der Waals surface area contributed by atoms with Crippen molar-refractivity contribution in [3.05, 3.63) is 59.5 Å². The molecule has 1 aliphatic carbocycles. The number of aromatic nitrogens is 1. The van der Waals surface area contributed by atoms with Gasteiger partial charge in [-0.05, 0) is 49.6 Å². The van der Waals surface area contributed by atoms with Crippen LogP contribution < -0.4 is 4.74 Å². The highest BCUT2D eigenvalue weighted by Crippen LogP contribution is 2.25. The molecule has 0 N–H and O–H groups in total. The second-order valence-corrected chi connectivity index (χ2v) is 7.31. The van der Waals surface area contributed by atoms with Crippen molar-refractivity contribution in [3.8, 4) is 5.88 Å². The Morgan fingerprint density at radius 2 is 1.87 bits per heavy atom. The summed E-state index contributed by atoms with van der Waals surface area (Å²) in [5.41, 5.74) is 1.03. The van der Waals surface area contributed by atoms with Crippen LogP contribution in [0.2, 0.25) is 0 Å². The first-order chi connectivity index (χ1) is 14.6. The maximum Gasteiger partial charge on any atom is 0.344 e. The highest BCUT2D eigenvalue weighted by atomic mass is 19.1. The maximum atomic E-state index is 13.2.